The van der Waals surface area contributed by atoms with Crippen molar-refractivity contribution in [2.45, 2.75) is 13.5 Å². The highest BCUT2D eigenvalue weighted by Crippen LogP contribution is 2.26. The van der Waals surface area contributed by atoms with Crippen LogP contribution in [0.15, 0.2) is 42.9 Å². The van der Waals surface area contributed by atoms with Crippen LogP contribution in [0.3, 0.4) is 0 Å². The Kier molecular flexibility index (Phi) is 6.90. The fourth-order valence-electron chi connectivity index (χ4n) is 4.93. The molecule has 1 aromatic carbocycles. The number of carbonyl (C=O) groups excluding carboxylic acids is 1. The van der Waals surface area contributed by atoms with Gasteiger partial charge in [0.05, 0.1) is 37.3 Å². The lowest BCUT2D eigenvalue weighted by atomic mass is 10.1. The van der Waals surface area contributed by atoms with Crippen molar-refractivity contribution in [2.75, 3.05) is 56.2 Å². The molecule has 1 amide bonds. The first-order valence-electron chi connectivity index (χ1n) is 12.8. The first kappa shape index (κ1) is 25.3. The lowest BCUT2D eigenvalue weighted by Crippen LogP contribution is -2.48. The van der Waals surface area contributed by atoms with Crippen molar-refractivity contribution >= 4 is 34.4 Å². The minimum Gasteiger partial charge on any atom is -0.379 e. The molecule has 5 heterocycles. The molecule has 2 N–H and O–H groups in total. The Morgan fingerprint density at radius 1 is 1.08 bits per heavy atom. The summed E-state index contributed by atoms with van der Waals surface area (Å²) < 4.78 is 37.1. The van der Waals surface area contributed by atoms with E-state index < -0.39 is 11.6 Å². The van der Waals surface area contributed by atoms with Crippen LogP contribution in [-0.4, -0.2) is 76.3 Å². The van der Waals surface area contributed by atoms with Gasteiger partial charge in [-0.25, -0.2) is 18.7 Å². The number of ether oxygens (including phenoxy) is 1. The smallest absolute Gasteiger partial charge is 0.242 e. The van der Waals surface area contributed by atoms with Crippen LogP contribution in [-0.2, 0) is 16.1 Å². The van der Waals surface area contributed by atoms with Gasteiger partial charge in [-0.2, -0.15) is 4.98 Å². The maximum atomic E-state index is 15.1. The highest BCUT2D eigenvalue weighted by atomic mass is 19.1. The van der Waals surface area contributed by atoms with Crippen LogP contribution >= 0.6 is 0 Å². The van der Waals surface area contributed by atoms with Crippen LogP contribution < -0.4 is 15.5 Å². The van der Waals surface area contributed by atoms with Gasteiger partial charge in [-0.1, -0.05) is 0 Å². The number of aromatic nitrogens is 4. The van der Waals surface area contributed by atoms with Gasteiger partial charge in [-0.3, -0.25) is 14.6 Å². The lowest BCUT2D eigenvalue weighted by molar-refractivity contribution is -0.118. The SMILES string of the molecule is Cc1cc(Nc2ncc3ccn(-c4cc(F)c(CN5CCOCC5)c(F)c4)c3n2)cnc1N1CCNCC1=O. The second-order valence-corrected chi connectivity index (χ2v) is 9.65. The molecule has 2 aliphatic heterocycles. The minimum absolute atomic E-state index is 0.0193. The fraction of sp³-hybridized carbons (Fsp3) is 0.333. The van der Waals surface area contributed by atoms with Gasteiger partial charge in [-0.05, 0) is 36.8 Å². The van der Waals surface area contributed by atoms with E-state index in [1.165, 1.54) is 12.1 Å². The van der Waals surface area contributed by atoms with Crippen LogP contribution in [0.4, 0.5) is 26.2 Å². The molecule has 39 heavy (non-hydrogen) atoms. The first-order chi connectivity index (χ1) is 19.0. The van der Waals surface area contributed by atoms with Gasteiger partial charge in [0, 0.05) is 56.1 Å². The summed E-state index contributed by atoms with van der Waals surface area (Å²) in [6.45, 7) is 6.05. The number of fused-ring (bicyclic) bond motifs is 1. The molecule has 12 heteroatoms. The van der Waals surface area contributed by atoms with E-state index in [1.807, 2.05) is 17.9 Å². The predicted octanol–water partition coefficient (Wildman–Crippen LogP) is 2.91. The van der Waals surface area contributed by atoms with Gasteiger partial charge in [-0.15, -0.1) is 0 Å². The van der Waals surface area contributed by atoms with Gasteiger partial charge in [0.1, 0.15) is 23.1 Å². The Morgan fingerprint density at radius 3 is 2.62 bits per heavy atom. The van der Waals surface area contributed by atoms with Gasteiger partial charge in [0.2, 0.25) is 11.9 Å². The molecule has 10 nitrogen and oxygen atoms in total. The molecule has 3 aromatic heterocycles. The molecule has 0 spiro atoms. The number of hydrogen-bond acceptors (Lipinski definition) is 8. The summed E-state index contributed by atoms with van der Waals surface area (Å²) >= 11 is 0. The Bertz CT molecular complexity index is 1510. The normalized spacial score (nSPS) is 16.7. The number of amides is 1. The van der Waals surface area contributed by atoms with Gasteiger partial charge in [0.25, 0.3) is 0 Å². The molecule has 0 unspecified atom stereocenters. The molecule has 0 saturated carbocycles. The Labute approximate surface area is 223 Å². The third-order valence-corrected chi connectivity index (χ3v) is 6.97. The molecule has 6 rings (SSSR count). The van der Waals surface area contributed by atoms with Crippen LogP contribution in [0.5, 0.6) is 0 Å². The molecule has 2 fully saturated rings. The van der Waals surface area contributed by atoms with Crippen molar-refractivity contribution in [3.05, 3.63) is 65.6 Å². The molecule has 0 aliphatic carbocycles. The number of nitrogens with one attached hydrogen (secondary N) is 2. The summed E-state index contributed by atoms with van der Waals surface area (Å²) in [7, 11) is 0. The number of benzene rings is 1. The molecular weight excluding hydrogens is 506 g/mol. The average Bonchev–Trinajstić information content (AvgIpc) is 3.35. The summed E-state index contributed by atoms with van der Waals surface area (Å²) in [6.07, 6.45) is 4.99. The third kappa shape index (κ3) is 5.18. The molecule has 2 saturated heterocycles. The zero-order valence-corrected chi connectivity index (χ0v) is 21.5. The van der Waals surface area contributed by atoms with Crippen molar-refractivity contribution in [1.29, 1.82) is 0 Å². The number of rotatable bonds is 6. The standard InChI is InChI=1S/C27H28F2N8O2/c1-17-10-19(14-31-25(17)37-5-3-30-15-24(37)38)33-27-32-13-18-2-4-36(26(18)34-27)20-11-22(28)21(23(29)12-20)16-35-6-8-39-9-7-35/h2,4,10-14,30H,3,5-9,15-16H2,1H3,(H,32,33,34). The first-order valence-corrected chi connectivity index (χ1v) is 12.8. The average molecular weight is 535 g/mol. The number of hydrogen-bond donors (Lipinski definition) is 2. The van der Waals surface area contributed by atoms with Crippen molar-refractivity contribution < 1.29 is 18.3 Å². The summed E-state index contributed by atoms with van der Waals surface area (Å²) in [5.74, 6) is -0.294. The monoisotopic (exact) mass is 534 g/mol. The number of piperazine rings is 1. The second kappa shape index (κ2) is 10.6. The largest absolute Gasteiger partial charge is 0.379 e. The molecule has 0 atom stereocenters. The predicted molar refractivity (Wildman–Crippen MR) is 142 cm³/mol. The fourth-order valence-corrected chi connectivity index (χ4v) is 4.93. The molecule has 0 radical (unpaired) electrons. The van der Waals surface area contributed by atoms with Crippen molar-refractivity contribution in [3.8, 4) is 5.69 Å². The Balaban J connectivity index is 1.25. The van der Waals surface area contributed by atoms with Gasteiger partial charge in [0.15, 0.2) is 0 Å². The quantitative estimate of drug-likeness (QED) is 0.390. The summed E-state index contributed by atoms with van der Waals surface area (Å²) in [6, 6.07) is 6.33. The van der Waals surface area contributed by atoms with Crippen molar-refractivity contribution in [1.82, 2.24) is 29.7 Å². The maximum Gasteiger partial charge on any atom is 0.242 e. The number of morpholine rings is 1. The van der Waals surface area contributed by atoms with E-state index in [0.717, 1.165) is 10.9 Å². The maximum absolute atomic E-state index is 15.1. The summed E-state index contributed by atoms with van der Waals surface area (Å²) in [5, 5.41) is 6.92. The van der Waals surface area contributed by atoms with E-state index >= 15 is 8.78 Å². The second-order valence-electron chi connectivity index (χ2n) is 9.65. The molecule has 0 bridgehead atoms. The number of pyridine rings is 1. The molecule has 202 valence electrons. The third-order valence-electron chi connectivity index (χ3n) is 6.97. The van der Waals surface area contributed by atoms with Crippen molar-refractivity contribution in [3.63, 3.8) is 0 Å². The lowest BCUT2D eigenvalue weighted by Gasteiger charge is -2.27. The van der Waals surface area contributed by atoms with Gasteiger partial charge < -0.3 is 19.9 Å². The van der Waals surface area contributed by atoms with Gasteiger partial charge >= 0.3 is 0 Å². The highest BCUT2D eigenvalue weighted by Gasteiger charge is 2.22. The molecule has 2 aliphatic rings. The summed E-state index contributed by atoms with van der Waals surface area (Å²) in [5.41, 5.74) is 2.37. The number of nitrogens with zero attached hydrogens (tertiary/aromatic N) is 6. The van der Waals surface area contributed by atoms with E-state index in [4.69, 9.17) is 4.74 Å². The zero-order chi connectivity index (χ0) is 26.9. The van der Waals surface area contributed by atoms with Crippen LogP contribution in [0.25, 0.3) is 16.7 Å². The van der Waals surface area contributed by atoms with E-state index in [9.17, 15) is 4.79 Å². The number of halogens is 2. The van der Waals surface area contributed by atoms with E-state index in [2.05, 4.69) is 25.6 Å². The number of anilines is 3. The number of aryl methyl sites for hydroxylation is 1. The van der Waals surface area contributed by atoms with E-state index in [0.29, 0.717) is 74.7 Å². The van der Waals surface area contributed by atoms with Crippen molar-refractivity contribution in [2.24, 2.45) is 0 Å². The Hall–Kier alpha value is -4.00. The highest BCUT2D eigenvalue weighted by molar-refractivity contribution is 5.95. The number of carbonyl (C=O) groups is 1. The van der Waals surface area contributed by atoms with E-state index in [-0.39, 0.29) is 18.0 Å². The van der Waals surface area contributed by atoms with Crippen LogP contribution in [0.2, 0.25) is 0 Å². The van der Waals surface area contributed by atoms with E-state index in [1.54, 1.807) is 34.1 Å². The van der Waals surface area contributed by atoms with Crippen LogP contribution in [0, 0.1) is 18.6 Å². The topological polar surface area (TPSA) is 100 Å². The summed E-state index contributed by atoms with van der Waals surface area (Å²) in [4.78, 5) is 29.4. The Morgan fingerprint density at radius 2 is 1.87 bits per heavy atom. The molecular formula is C27H28F2N8O2. The minimum atomic E-state index is -0.602. The zero-order valence-electron chi connectivity index (χ0n) is 21.5. The molecule has 4 aromatic rings. The van der Waals surface area contributed by atoms with Crippen LogP contribution in [0.1, 0.15) is 11.1 Å².